The first-order chi connectivity index (χ1) is 14.2. The van der Waals surface area contributed by atoms with Gasteiger partial charge in [-0.15, -0.1) is 0 Å². The summed E-state index contributed by atoms with van der Waals surface area (Å²) >= 11 is 0. The average Bonchev–Trinajstić information content (AvgIpc) is 2.80. The van der Waals surface area contributed by atoms with Crippen LogP contribution in [0, 0.1) is 0 Å². The normalized spacial score (nSPS) is 17.8. The Morgan fingerprint density at radius 2 is 1.17 bits per heavy atom. The topological polar surface area (TPSA) is 29.5 Å². The predicted molar refractivity (Wildman–Crippen MR) is 116 cm³/mol. The Bertz CT molecular complexity index is 1170. The summed E-state index contributed by atoms with van der Waals surface area (Å²) in [4.78, 5) is 0. The second-order valence-electron chi connectivity index (χ2n) is 7.17. The van der Waals surface area contributed by atoms with Crippen LogP contribution in [0.25, 0.3) is 16.7 Å². The van der Waals surface area contributed by atoms with Crippen molar-refractivity contribution in [2.45, 2.75) is 5.79 Å². The molecule has 1 N–H and O–H groups in total. The van der Waals surface area contributed by atoms with Gasteiger partial charge in [-0.1, -0.05) is 97.1 Å². The van der Waals surface area contributed by atoms with E-state index in [9.17, 15) is 5.11 Å². The van der Waals surface area contributed by atoms with Crippen molar-refractivity contribution in [3.8, 4) is 16.9 Å². The van der Waals surface area contributed by atoms with E-state index in [0.29, 0.717) is 11.3 Å². The third kappa shape index (κ3) is 3.24. The van der Waals surface area contributed by atoms with Gasteiger partial charge in [0.15, 0.2) is 0 Å². The number of ether oxygens (including phenoxy) is 1. The van der Waals surface area contributed by atoms with Crippen molar-refractivity contribution in [3.63, 3.8) is 0 Å². The van der Waals surface area contributed by atoms with Crippen LogP contribution in [0.5, 0.6) is 5.75 Å². The van der Waals surface area contributed by atoms with E-state index in [1.807, 2.05) is 84.9 Å². The molecule has 0 saturated heterocycles. The highest BCUT2D eigenvalue weighted by molar-refractivity contribution is 5.87. The summed E-state index contributed by atoms with van der Waals surface area (Å²) in [5.41, 5.74) is 5.92. The van der Waals surface area contributed by atoms with E-state index >= 15 is 0 Å². The van der Waals surface area contributed by atoms with Crippen LogP contribution >= 0.6 is 0 Å². The Balaban J connectivity index is 1.70. The zero-order valence-corrected chi connectivity index (χ0v) is 15.8. The third-order valence-corrected chi connectivity index (χ3v) is 5.25. The molecule has 0 fully saturated rings. The molecule has 4 aromatic rings. The molecule has 0 radical (unpaired) electrons. The van der Waals surface area contributed by atoms with Crippen molar-refractivity contribution in [1.29, 1.82) is 0 Å². The van der Waals surface area contributed by atoms with Gasteiger partial charge in [0.25, 0.3) is 5.79 Å². The fraction of sp³-hybridized carbons (Fsp3) is 0.0370. The van der Waals surface area contributed by atoms with Crippen LogP contribution in [0.2, 0.25) is 0 Å². The van der Waals surface area contributed by atoms with Gasteiger partial charge in [0.05, 0.1) is 0 Å². The van der Waals surface area contributed by atoms with Crippen LogP contribution in [0.1, 0.15) is 16.7 Å². The molecule has 1 aliphatic heterocycles. The van der Waals surface area contributed by atoms with Crippen LogP contribution in [-0.4, -0.2) is 5.11 Å². The molecule has 2 nitrogen and oxygen atoms in total. The van der Waals surface area contributed by atoms with Gasteiger partial charge in [-0.2, -0.15) is 0 Å². The van der Waals surface area contributed by atoms with Gasteiger partial charge in [0.1, 0.15) is 5.75 Å². The van der Waals surface area contributed by atoms with E-state index in [1.165, 1.54) is 0 Å². The summed E-state index contributed by atoms with van der Waals surface area (Å²) in [7, 11) is 0. The van der Waals surface area contributed by atoms with Crippen LogP contribution in [0.4, 0.5) is 0 Å². The molecule has 0 saturated carbocycles. The molecule has 0 spiro atoms. The molecule has 4 aromatic carbocycles. The first-order valence-electron chi connectivity index (χ1n) is 9.68. The number of rotatable bonds is 3. The Morgan fingerprint density at radius 3 is 1.83 bits per heavy atom. The van der Waals surface area contributed by atoms with Crippen molar-refractivity contribution in [2.24, 2.45) is 0 Å². The van der Waals surface area contributed by atoms with Crippen molar-refractivity contribution in [1.82, 2.24) is 0 Å². The second kappa shape index (κ2) is 7.08. The minimum atomic E-state index is -1.52. The molecule has 1 heterocycles. The maximum atomic E-state index is 11.4. The molecule has 1 aliphatic rings. The van der Waals surface area contributed by atoms with Crippen LogP contribution in [0.15, 0.2) is 115 Å². The molecule has 0 bridgehead atoms. The van der Waals surface area contributed by atoms with Crippen LogP contribution in [0.3, 0.4) is 0 Å². The van der Waals surface area contributed by atoms with Crippen molar-refractivity contribution >= 4 is 5.57 Å². The molecular formula is C27H20O2. The van der Waals surface area contributed by atoms with Gasteiger partial charge in [-0.05, 0) is 34.4 Å². The van der Waals surface area contributed by atoms with E-state index in [4.69, 9.17) is 4.74 Å². The minimum Gasteiger partial charge on any atom is -0.454 e. The largest absolute Gasteiger partial charge is 0.454 e. The smallest absolute Gasteiger partial charge is 0.255 e. The van der Waals surface area contributed by atoms with E-state index < -0.39 is 5.79 Å². The first kappa shape index (κ1) is 17.5. The lowest BCUT2D eigenvalue weighted by Crippen LogP contribution is -2.33. The van der Waals surface area contributed by atoms with Gasteiger partial charge in [-0.25, -0.2) is 0 Å². The van der Waals surface area contributed by atoms with Gasteiger partial charge in [-0.3, -0.25) is 0 Å². The molecule has 140 valence electrons. The molecule has 2 heteroatoms. The van der Waals surface area contributed by atoms with Crippen LogP contribution < -0.4 is 4.74 Å². The maximum Gasteiger partial charge on any atom is 0.255 e. The highest BCUT2D eigenvalue weighted by Gasteiger charge is 2.35. The van der Waals surface area contributed by atoms with Gasteiger partial charge in [0.2, 0.25) is 0 Å². The maximum absolute atomic E-state index is 11.4. The van der Waals surface area contributed by atoms with E-state index in [-0.39, 0.29) is 0 Å². The van der Waals surface area contributed by atoms with E-state index in [0.717, 1.165) is 27.8 Å². The third-order valence-electron chi connectivity index (χ3n) is 5.25. The van der Waals surface area contributed by atoms with Crippen LogP contribution in [-0.2, 0) is 5.79 Å². The summed E-state index contributed by atoms with van der Waals surface area (Å²) in [6, 6.07) is 36.0. The van der Waals surface area contributed by atoms with Gasteiger partial charge >= 0.3 is 0 Å². The zero-order valence-electron chi connectivity index (χ0n) is 15.8. The molecule has 0 aliphatic carbocycles. The average molecular weight is 376 g/mol. The lowest BCUT2D eigenvalue weighted by molar-refractivity contribution is -0.103. The number of benzene rings is 4. The minimum absolute atomic E-state index is 0.664. The number of hydrogen-bond acceptors (Lipinski definition) is 2. The fourth-order valence-corrected chi connectivity index (χ4v) is 3.79. The van der Waals surface area contributed by atoms with Gasteiger partial charge < -0.3 is 9.84 Å². The Labute approximate surface area is 170 Å². The fourth-order valence-electron chi connectivity index (χ4n) is 3.79. The molecule has 1 atom stereocenters. The summed E-state index contributed by atoms with van der Waals surface area (Å²) in [5, 5.41) is 11.4. The quantitative estimate of drug-likeness (QED) is 0.473. The van der Waals surface area contributed by atoms with Gasteiger partial charge in [0, 0.05) is 17.2 Å². The molecule has 1 unspecified atom stereocenters. The molecule has 29 heavy (non-hydrogen) atoms. The van der Waals surface area contributed by atoms with E-state index in [2.05, 4.69) is 30.3 Å². The number of aliphatic hydroxyl groups is 1. The summed E-state index contributed by atoms with van der Waals surface area (Å²) in [6.45, 7) is 0. The highest BCUT2D eigenvalue weighted by Crippen LogP contribution is 2.43. The summed E-state index contributed by atoms with van der Waals surface area (Å²) in [6.07, 6.45) is 1.81. The number of hydrogen-bond donors (Lipinski definition) is 1. The predicted octanol–water partition coefficient (Wildman–Crippen LogP) is 6.02. The Hall–Kier alpha value is -3.62. The van der Waals surface area contributed by atoms with Crippen molar-refractivity contribution in [2.75, 3.05) is 0 Å². The summed E-state index contributed by atoms with van der Waals surface area (Å²) < 4.78 is 6.13. The standard InChI is InChI=1S/C27H20O2/c28-27(23-14-8-3-9-15-23)19-25(21-12-6-2-7-13-21)24-18-22(16-17-26(24)29-27)20-10-4-1-5-11-20/h1-19,28H. The Morgan fingerprint density at radius 1 is 0.586 bits per heavy atom. The lowest BCUT2D eigenvalue weighted by atomic mass is 9.88. The SMILES string of the molecule is OC1(c2ccccc2)C=C(c2ccccc2)c2cc(-c3ccccc3)ccc2O1. The highest BCUT2D eigenvalue weighted by atomic mass is 16.6. The van der Waals surface area contributed by atoms with E-state index in [1.54, 1.807) is 0 Å². The molecule has 0 amide bonds. The zero-order chi connectivity index (χ0) is 19.7. The van der Waals surface area contributed by atoms with Crippen molar-refractivity contribution < 1.29 is 9.84 Å². The molecule has 5 rings (SSSR count). The van der Waals surface area contributed by atoms with Crippen molar-refractivity contribution in [3.05, 3.63) is 132 Å². The second-order valence-corrected chi connectivity index (χ2v) is 7.17. The summed E-state index contributed by atoms with van der Waals surface area (Å²) in [5.74, 6) is -0.856. The molecule has 0 aromatic heterocycles. The first-order valence-corrected chi connectivity index (χ1v) is 9.68. The monoisotopic (exact) mass is 376 g/mol. The number of fused-ring (bicyclic) bond motifs is 1. The lowest BCUT2D eigenvalue weighted by Gasteiger charge is -2.33. The Kier molecular flexibility index (Phi) is 4.27. The molecular weight excluding hydrogens is 356 g/mol.